The summed E-state index contributed by atoms with van der Waals surface area (Å²) in [5.74, 6) is -0.302. The minimum Gasteiger partial charge on any atom is -0.466 e. The lowest BCUT2D eigenvalue weighted by Crippen LogP contribution is -2.22. The van der Waals surface area contributed by atoms with Gasteiger partial charge in [-0.1, -0.05) is 13.8 Å². The van der Waals surface area contributed by atoms with Crippen LogP contribution in [0, 0.1) is 5.41 Å². The minimum absolute atomic E-state index is 0.0573. The van der Waals surface area contributed by atoms with Gasteiger partial charge in [0, 0.05) is 17.1 Å². The molecular weight excluding hydrogens is 256 g/mol. The van der Waals surface area contributed by atoms with Gasteiger partial charge in [0.2, 0.25) is 0 Å². The zero-order chi connectivity index (χ0) is 12.8. The van der Waals surface area contributed by atoms with E-state index < -0.39 is 14.7 Å². The van der Waals surface area contributed by atoms with Crippen molar-refractivity contribution >= 4 is 26.0 Å². The maximum Gasteiger partial charge on any atom is 0.355 e. The Balaban J connectivity index is 4.00. The quantitative estimate of drug-likeness (QED) is 0.523. The standard InChI is InChI=1S/C9H17ClO5S/c1-4-14-8(11)5-6-9(2,3)7-15-16(10,12)13/h4-7H2,1-3H3. The molecule has 0 spiro atoms. The molecule has 96 valence electrons. The van der Waals surface area contributed by atoms with E-state index in [9.17, 15) is 13.2 Å². The normalized spacial score (nSPS) is 12.5. The summed E-state index contributed by atoms with van der Waals surface area (Å²) < 4.78 is 30.4. The zero-order valence-corrected chi connectivity index (χ0v) is 11.2. The van der Waals surface area contributed by atoms with Crippen molar-refractivity contribution in [3.8, 4) is 0 Å². The van der Waals surface area contributed by atoms with Crippen molar-refractivity contribution in [3.63, 3.8) is 0 Å². The first-order valence-corrected chi connectivity index (χ1v) is 7.14. The fourth-order valence-corrected chi connectivity index (χ4v) is 1.57. The molecule has 0 unspecified atom stereocenters. The van der Waals surface area contributed by atoms with Gasteiger partial charge in [-0.25, -0.2) is 0 Å². The van der Waals surface area contributed by atoms with E-state index in [0.29, 0.717) is 13.0 Å². The lowest BCUT2D eigenvalue weighted by molar-refractivity contribution is -0.143. The van der Waals surface area contributed by atoms with Crippen molar-refractivity contribution in [2.75, 3.05) is 13.2 Å². The highest BCUT2D eigenvalue weighted by Gasteiger charge is 2.22. The molecule has 0 fully saturated rings. The maximum atomic E-state index is 11.1. The molecule has 0 aliphatic carbocycles. The van der Waals surface area contributed by atoms with Gasteiger partial charge in [-0.05, 0) is 18.8 Å². The van der Waals surface area contributed by atoms with E-state index in [1.54, 1.807) is 20.8 Å². The van der Waals surface area contributed by atoms with Crippen LogP contribution >= 0.6 is 10.7 Å². The first-order chi connectivity index (χ1) is 7.16. The minimum atomic E-state index is -3.95. The van der Waals surface area contributed by atoms with Gasteiger partial charge in [-0.3, -0.25) is 8.98 Å². The molecule has 16 heavy (non-hydrogen) atoms. The SMILES string of the molecule is CCOC(=O)CCC(C)(C)COS(=O)(=O)Cl. The summed E-state index contributed by atoms with van der Waals surface area (Å²) in [7, 11) is 0.960. The Labute approximate surface area is 101 Å². The largest absolute Gasteiger partial charge is 0.466 e. The molecule has 0 N–H and O–H groups in total. The van der Waals surface area contributed by atoms with Crippen LogP contribution in [0.1, 0.15) is 33.6 Å². The summed E-state index contributed by atoms with van der Waals surface area (Å²) in [6.45, 7) is 5.58. The molecule has 0 rings (SSSR count). The van der Waals surface area contributed by atoms with Crippen LogP contribution in [0.15, 0.2) is 0 Å². The van der Waals surface area contributed by atoms with Crippen LogP contribution in [0.2, 0.25) is 0 Å². The lowest BCUT2D eigenvalue weighted by atomic mass is 9.89. The predicted octanol–water partition coefficient (Wildman–Crippen LogP) is 1.86. The molecule has 0 atom stereocenters. The maximum absolute atomic E-state index is 11.1. The Hall–Kier alpha value is -0.330. The van der Waals surface area contributed by atoms with Crippen LogP contribution in [0.5, 0.6) is 0 Å². The van der Waals surface area contributed by atoms with Gasteiger partial charge in [0.05, 0.1) is 13.2 Å². The van der Waals surface area contributed by atoms with Crippen molar-refractivity contribution in [2.45, 2.75) is 33.6 Å². The Bertz CT molecular complexity index is 323. The second-order valence-electron chi connectivity index (χ2n) is 4.12. The van der Waals surface area contributed by atoms with Crippen LogP contribution in [0.25, 0.3) is 0 Å². The number of hydrogen-bond donors (Lipinski definition) is 0. The monoisotopic (exact) mass is 272 g/mol. The lowest BCUT2D eigenvalue weighted by Gasteiger charge is -2.22. The number of ether oxygens (including phenoxy) is 1. The summed E-state index contributed by atoms with van der Waals surface area (Å²) in [5.41, 5.74) is -0.450. The number of halogens is 1. The number of hydrogen-bond acceptors (Lipinski definition) is 5. The summed E-state index contributed by atoms with van der Waals surface area (Å²) in [6, 6.07) is 0. The van der Waals surface area contributed by atoms with Crippen molar-refractivity contribution in [3.05, 3.63) is 0 Å². The molecule has 0 amide bonds. The van der Waals surface area contributed by atoms with Crippen molar-refractivity contribution < 1.29 is 22.1 Å². The van der Waals surface area contributed by atoms with E-state index in [1.807, 2.05) is 0 Å². The van der Waals surface area contributed by atoms with Gasteiger partial charge in [0.25, 0.3) is 0 Å². The van der Waals surface area contributed by atoms with E-state index in [1.165, 1.54) is 0 Å². The number of esters is 1. The number of carbonyl (C=O) groups is 1. The van der Waals surface area contributed by atoms with Gasteiger partial charge in [-0.2, -0.15) is 8.42 Å². The van der Waals surface area contributed by atoms with E-state index in [4.69, 9.17) is 15.4 Å². The van der Waals surface area contributed by atoms with Crippen molar-refractivity contribution in [1.82, 2.24) is 0 Å². The molecule has 0 heterocycles. The third kappa shape index (κ3) is 8.94. The second kappa shape index (κ2) is 6.42. The highest BCUT2D eigenvalue weighted by molar-refractivity contribution is 8.09. The zero-order valence-electron chi connectivity index (χ0n) is 9.66. The smallest absolute Gasteiger partial charge is 0.355 e. The molecule has 0 aliphatic rings. The van der Waals surface area contributed by atoms with E-state index >= 15 is 0 Å². The van der Waals surface area contributed by atoms with Crippen LogP contribution in [-0.4, -0.2) is 27.6 Å². The predicted molar refractivity (Wildman–Crippen MR) is 60.4 cm³/mol. The molecule has 0 aromatic rings. The third-order valence-corrected chi connectivity index (χ3v) is 2.57. The first kappa shape index (κ1) is 15.7. The van der Waals surface area contributed by atoms with Crippen molar-refractivity contribution in [1.29, 1.82) is 0 Å². The molecule has 0 saturated heterocycles. The van der Waals surface area contributed by atoms with Crippen molar-refractivity contribution in [2.24, 2.45) is 5.41 Å². The highest BCUT2D eigenvalue weighted by Crippen LogP contribution is 2.24. The molecule has 0 aliphatic heterocycles. The summed E-state index contributed by atoms with van der Waals surface area (Å²) >= 11 is 0. The molecular formula is C9H17ClO5S. The highest BCUT2D eigenvalue weighted by atomic mass is 35.7. The van der Waals surface area contributed by atoms with Gasteiger partial charge in [0.1, 0.15) is 0 Å². The average Bonchev–Trinajstić information content (AvgIpc) is 2.12. The molecule has 0 radical (unpaired) electrons. The molecule has 5 nitrogen and oxygen atoms in total. The van der Waals surface area contributed by atoms with Crippen LogP contribution < -0.4 is 0 Å². The van der Waals surface area contributed by atoms with Crippen LogP contribution in [0.4, 0.5) is 0 Å². The Kier molecular flexibility index (Phi) is 6.28. The first-order valence-electron chi connectivity index (χ1n) is 4.91. The van der Waals surface area contributed by atoms with Gasteiger partial charge < -0.3 is 4.74 Å². The molecule has 0 aromatic carbocycles. The molecule has 0 bridgehead atoms. The second-order valence-corrected chi connectivity index (χ2v) is 6.28. The molecule has 0 aromatic heterocycles. The fraction of sp³-hybridized carbons (Fsp3) is 0.889. The Morgan fingerprint density at radius 1 is 1.38 bits per heavy atom. The van der Waals surface area contributed by atoms with Crippen LogP contribution in [0.3, 0.4) is 0 Å². The third-order valence-electron chi connectivity index (χ3n) is 1.90. The van der Waals surface area contributed by atoms with Gasteiger partial charge in [-0.15, -0.1) is 0 Å². The van der Waals surface area contributed by atoms with Gasteiger partial charge >= 0.3 is 15.3 Å². The summed E-state index contributed by atoms with van der Waals surface area (Å²) in [4.78, 5) is 11.1. The molecule has 7 heteroatoms. The summed E-state index contributed by atoms with van der Waals surface area (Å²) in [5, 5.41) is 0. The van der Waals surface area contributed by atoms with Gasteiger partial charge in [0.15, 0.2) is 0 Å². The average molecular weight is 273 g/mol. The topological polar surface area (TPSA) is 69.7 Å². The molecule has 0 saturated carbocycles. The Morgan fingerprint density at radius 3 is 2.38 bits per heavy atom. The summed E-state index contributed by atoms with van der Waals surface area (Å²) in [6.07, 6.45) is 0.699. The van der Waals surface area contributed by atoms with E-state index in [0.717, 1.165) is 0 Å². The fourth-order valence-electron chi connectivity index (χ4n) is 0.976. The number of rotatable bonds is 7. The van der Waals surface area contributed by atoms with Crippen LogP contribution in [-0.2, 0) is 23.0 Å². The Morgan fingerprint density at radius 2 is 1.94 bits per heavy atom. The van der Waals surface area contributed by atoms with E-state index in [2.05, 4.69) is 4.18 Å². The van der Waals surface area contributed by atoms with E-state index in [-0.39, 0.29) is 19.0 Å². The number of carbonyl (C=O) groups excluding carboxylic acids is 1.